The number of aromatic nitrogens is 4. The van der Waals surface area contributed by atoms with Crippen LogP contribution in [0.4, 0.5) is 0 Å². The van der Waals surface area contributed by atoms with Crippen molar-refractivity contribution in [1.29, 1.82) is 0 Å². The molecule has 0 saturated carbocycles. The molecule has 0 atom stereocenters. The van der Waals surface area contributed by atoms with E-state index in [1.54, 1.807) is 6.07 Å². The summed E-state index contributed by atoms with van der Waals surface area (Å²) >= 11 is 6.30. The molecule has 7 heteroatoms. The molecule has 1 aliphatic heterocycles. The van der Waals surface area contributed by atoms with Gasteiger partial charge in [-0.15, -0.1) is 0 Å². The van der Waals surface area contributed by atoms with E-state index >= 15 is 0 Å². The molecule has 6 nitrogen and oxygen atoms in total. The Morgan fingerprint density at radius 3 is 2.95 bits per heavy atom. The van der Waals surface area contributed by atoms with Crippen molar-refractivity contribution in [3.05, 3.63) is 44.1 Å². The zero-order chi connectivity index (χ0) is 15.0. The van der Waals surface area contributed by atoms with Crippen LogP contribution in [0.3, 0.4) is 0 Å². The summed E-state index contributed by atoms with van der Waals surface area (Å²) in [5.41, 5.74) is 3.50. The van der Waals surface area contributed by atoms with Gasteiger partial charge in [0, 0.05) is 32.1 Å². The zero-order valence-corrected chi connectivity index (χ0v) is 12.9. The summed E-state index contributed by atoms with van der Waals surface area (Å²) in [6.45, 7) is 6.55. The van der Waals surface area contributed by atoms with Gasteiger partial charge in [-0.05, 0) is 19.4 Å². The van der Waals surface area contributed by atoms with Crippen LogP contribution in [-0.4, -0.2) is 26.1 Å². The van der Waals surface area contributed by atoms with E-state index in [0.717, 1.165) is 35.6 Å². The average Bonchev–Trinajstić information content (AvgIpc) is 2.75. The van der Waals surface area contributed by atoms with Crippen molar-refractivity contribution in [1.82, 2.24) is 24.9 Å². The molecule has 0 radical (unpaired) electrons. The molecule has 0 bridgehead atoms. The number of aryl methyl sites for hydroxylation is 2. The van der Waals surface area contributed by atoms with E-state index in [1.807, 2.05) is 18.5 Å². The van der Waals surface area contributed by atoms with Crippen molar-refractivity contribution in [2.75, 3.05) is 6.54 Å². The van der Waals surface area contributed by atoms with Crippen molar-refractivity contribution in [3.63, 3.8) is 0 Å². The maximum Gasteiger partial charge on any atom is 0.267 e. The van der Waals surface area contributed by atoms with Gasteiger partial charge < -0.3 is 5.32 Å². The third kappa shape index (κ3) is 2.61. The van der Waals surface area contributed by atoms with Crippen LogP contribution in [-0.2, 0) is 26.1 Å². The van der Waals surface area contributed by atoms with Crippen LogP contribution >= 0.6 is 11.6 Å². The Morgan fingerprint density at radius 2 is 2.19 bits per heavy atom. The van der Waals surface area contributed by atoms with E-state index in [9.17, 15) is 4.79 Å². The highest BCUT2D eigenvalue weighted by Gasteiger charge is 2.17. The van der Waals surface area contributed by atoms with E-state index < -0.39 is 0 Å². The number of hydrogen-bond acceptors (Lipinski definition) is 4. The quantitative estimate of drug-likeness (QED) is 0.923. The van der Waals surface area contributed by atoms with Crippen LogP contribution < -0.4 is 10.9 Å². The molecular weight excluding hydrogens is 290 g/mol. The second kappa shape index (κ2) is 5.61. The second-order valence-corrected chi connectivity index (χ2v) is 5.58. The first-order valence-electron chi connectivity index (χ1n) is 7.12. The molecule has 3 heterocycles. The number of rotatable bonds is 3. The van der Waals surface area contributed by atoms with E-state index in [0.29, 0.717) is 24.7 Å². The van der Waals surface area contributed by atoms with Gasteiger partial charge in [0.2, 0.25) is 0 Å². The summed E-state index contributed by atoms with van der Waals surface area (Å²) in [4.78, 5) is 12.2. The lowest BCUT2D eigenvalue weighted by Crippen LogP contribution is -2.32. The maximum atomic E-state index is 12.2. The minimum absolute atomic E-state index is 0.102. The normalized spacial score (nSPS) is 14.2. The van der Waals surface area contributed by atoms with Crippen LogP contribution in [0.25, 0.3) is 0 Å². The largest absolute Gasteiger partial charge is 0.312 e. The van der Waals surface area contributed by atoms with Crippen LogP contribution in [0.1, 0.15) is 29.6 Å². The van der Waals surface area contributed by atoms with Crippen LogP contribution in [0.2, 0.25) is 5.02 Å². The van der Waals surface area contributed by atoms with Gasteiger partial charge in [0.25, 0.3) is 5.56 Å². The minimum atomic E-state index is -0.102. The standard InChI is InChI=1S/C14H18ClN5O/c1-3-19-12(14(15)9(2)17-19)8-20-13(21)6-10-7-16-5-4-11(10)18-20/h6,16H,3-5,7-8H2,1-2H3. The van der Waals surface area contributed by atoms with Gasteiger partial charge in [-0.2, -0.15) is 10.2 Å². The van der Waals surface area contributed by atoms with Gasteiger partial charge in [-0.1, -0.05) is 11.6 Å². The highest BCUT2D eigenvalue weighted by Crippen LogP contribution is 2.20. The molecule has 0 aromatic carbocycles. The summed E-state index contributed by atoms with van der Waals surface area (Å²) in [6.07, 6.45) is 0.843. The summed E-state index contributed by atoms with van der Waals surface area (Å²) < 4.78 is 3.31. The molecule has 0 amide bonds. The Kier molecular flexibility index (Phi) is 3.82. The predicted molar refractivity (Wildman–Crippen MR) is 80.7 cm³/mol. The fourth-order valence-electron chi connectivity index (χ4n) is 2.63. The molecular formula is C14H18ClN5O. The number of nitrogens with zero attached hydrogens (tertiary/aromatic N) is 4. The van der Waals surface area contributed by atoms with Crippen LogP contribution in [0, 0.1) is 6.92 Å². The molecule has 112 valence electrons. The lowest BCUT2D eigenvalue weighted by molar-refractivity contribution is 0.532. The molecule has 0 aliphatic carbocycles. The molecule has 0 unspecified atom stereocenters. The Balaban J connectivity index is 2.01. The van der Waals surface area contributed by atoms with E-state index in [4.69, 9.17) is 11.6 Å². The van der Waals surface area contributed by atoms with Crippen molar-refractivity contribution >= 4 is 11.6 Å². The molecule has 2 aromatic rings. The molecule has 0 spiro atoms. The van der Waals surface area contributed by atoms with Crippen molar-refractivity contribution in [3.8, 4) is 0 Å². The Labute approximate surface area is 127 Å². The Bertz CT molecular complexity index is 734. The van der Waals surface area contributed by atoms with Crippen molar-refractivity contribution in [2.24, 2.45) is 0 Å². The lowest BCUT2D eigenvalue weighted by atomic mass is 10.1. The molecule has 21 heavy (non-hydrogen) atoms. The fraction of sp³-hybridized carbons (Fsp3) is 0.500. The SMILES string of the molecule is CCn1nc(C)c(Cl)c1Cn1nc2c(cc1=O)CNCC2. The topological polar surface area (TPSA) is 64.7 Å². The minimum Gasteiger partial charge on any atom is -0.312 e. The maximum absolute atomic E-state index is 12.2. The van der Waals surface area contributed by atoms with Gasteiger partial charge >= 0.3 is 0 Å². The van der Waals surface area contributed by atoms with Gasteiger partial charge in [0.15, 0.2) is 0 Å². The van der Waals surface area contributed by atoms with Gasteiger partial charge in [-0.25, -0.2) is 4.68 Å². The summed E-state index contributed by atoms with van der Waals surface area (Å²) in [7, 11) is 0. The van der Waals surface area contributed by atoms with Gasteiger partial charge in [0.05, 0.1) is 28.6 Å². The smallest absolute Gasteiger partial charge is 0.267 e. The average molecular weight is 308 g/mol. The first-order chi connectivity index (χ1) is 10.1. The third-order valence-corrected chi connectivity index (χ3v) is 4.26. The highest BCUT2D eigenvalue weighted by molar-refractivity contribution is 6.31. The molecule has 1 N–H and O–H groups in total. The number of halogens is 1. The van der Waals surface area contributed by atoms with Gasteiger partial charge in [0.1, 0.15) is 0 Å². The zero-order valence-electron chi connectivity index (χ0n) is 12.2. The third-order valence-electron chi connectivity index (χ3n) is 3.77. The molecule has 0 fully saturated rings. The van der Waals surface area contributed by atoms with Crippen LogP contribution in [0.15, 0.2) is 10.9 Å². The van der Waals surface area contributed by atoms with Crippen molar-refractivity contribution < 1.29 is 0 Å². The summed E-state index contributed by atoms with van der Waals surface area (Å²) in [5.74, 6) is 0. The lowest BCUT2D eigenvalue weighted by Gasteiger charge is -2.17. The Morgan fingerprint density at radius 1 is 1.38 bits per heavy atom. The summed E-state index contributed by atoms with van der Waals surface area (Å²) in [5, 5.41) is 12.7. The summed E-state index contributed by atoms with van der Waals surface area (Å²) in [6, 6.07) is 1.67. The number of fused-ring (bicyclic) bond motifs is 1. The molecule has 0 saturated heterocycles. The number of hydrogen-bond donors (Lipinski definition) is 1. The second-order valence-electron chi connectivity index (χ2n) is 5.20. The van der Waals surface area contributed by atoms with E-state index in [2.05, 4.69) is 15.5 Å². The van der Waals surface area contributed by atoms with Crippen molar-refractivity contribution in [2.45, 2.75) is 39.9 Å². The Hall–Kier alpha value is -1.66. The number of nitrogens with one attached hydrogen (secondary N) is 1. The van der Waals surface area contributed by atoms with Crippen LogP contribution in [0.5, 0.6) is 0 Å². The first kappa shape index (κ1) is 14.3. The fourth-order valence-corrected chi connectivity index (χ4v) is 2.83. The molecule has 3 rings (SSSR count). The van der Waals surface area contributed by atoms with E-state index in [1.165, 1.54) is 4.68 Å². The molecule has 1 aliphatic rings. The predicted octanol–water partition coefficient (Wildman–Crippen LogP) is 1.12. The first-order valence-corrected chi connectivity index (χ1v) is 7.50. The van der Waals surface area contributed by atoms with E-state index in [-0.39, 0.29) is 5.56 Å². The molecule has 2 aromatic heterocycles. The van der Waals surface area contributed by atoms with Gasteiger partial charge in [-0.3, -0.25) is 9.48 Å². The monoisotopic (exact) mass is 307 g/mol. The highest BCUT2D eigenvalue weighted by atomic mass is 35.5.